The third kappa shape index (κ3) is 4.85. The molecule has 1 aromatic heterocycles. The number of rotatable bonds is 11. The Morgan fingerprint density at radius 3 is 2.47 bits per heavy atom. The minimum absolute atomic E-state index is 0.210. The Kier molecular flexibility index (Phi) is 6.70. The average molecular weight is 412 g/mol. The van der Waals surface area contributed by atoms with Crippen molar-refractivity contribution in [3.63, 3.8) is 0 Å². The van der Waals surface area contributed by atoms with Crippen LogP contribution < -0.4 is 15.5 Å². The molecule has 2 aromatic rings. The highest BCUT2D eigenvalue weighted by molar-refractivity contribution is 5.63. The van der Waals surface area contributed by atoms with Gasteiger partial charge in [0.15, 0.2) is 5.82 Å². The molecule has 0 saturated carbocycles. The molecule has 2 bridgehead atoms. The van der Waals surface area contributed by atoms with E-state index in [0.29, 0.717) is 31.3 Å². The molecule has 0 amide bonds. The number of aromatic nitrogens is 2. The van der Waals surface area contributed by atoms with Crippen LogP contribution in [0, 0.1) is 4.91 Å². The number of fused-ring (bicyclic) bond motifs is 2. The van der Waals surface area contributed by atoms with Gasteiger partial charge in [-0.3, -0.25) is 4.90 Å². The summed E-state index contributed by atoms with van der Waals surface area (Å²) in [6.45, 7) is 2.37. The van der Waals surface area contributed by atoms with Gasteiger partial charge in [0.1, 0.15) is 12.3 Å². The van der Waals surface area contributed by atoms with E-state index in [9.17, 15) is 4.91 Å². The highest BCUT2D eigenvalue weighted by Gasteiger charge is 2.38. The number of nitrogens with one attached hydrogen (secondary N) is 2. The van der Waals surface area contributed by atoms with E-state index in [4.69, 9.17) is 9.47 Å². The number of anilines is 2. The summed E-state index contributed by atoms with van der Waals surface area (Å²) in [6.07, 6.45) is 6.89. The predicted molar refractivity (Wildman–Crippen MR) is 114 cm³/mol. The fourth-order valence-electron chi connectivity index (χ4n) is 4.35. The van der Waals surface area contributed by atoms with Crippen LogP contribution in [-0.4, -0.2) is 47.3 Å². The van der Waals surface area contributed by atoms with Gasteiger partial charge in [0.2, 0.25) is 0 Å². The minimum atomic E-state index is 0.210. The maximum atomic E-state index is 10.6. The van der Waals surface area contributed by atoms with E-state index in [1.54, 1.807) is 7.11 Å². The molecule has 2 N–H and O–H groups in total. The Hall–Kier alpha value is -2.78. The fourth-order valence-corrected chi connectivity index (χ4v) is 4.35. The molecule has 2 saturated heterocycles. The van der Waals surface area contributed by atoms with Gasteiger partial charge < -0.3 is 14.8 Å². The summed E-state index contributed by atoms with van der Waals surface area (Å²) in [5.41, 5.74) is 5.23. The Labute approximate surface area is 176 Å². The lowest BCUT2D eigenvalue weighted by molar-refractivity contribution is 0.141. The van der Waals surface area contributed by atoms with E-state index in [0.717, 1.165) is 24.2 Å². The van der Waals surface area contributed by atoms with Crippen molar-refractivity contribution >= 4 is 11.5 Å². The summed E-state index contributed by atoms with van der Waals surface area (Å²) >= 11 is 0. The van der Waals surface area contributed by atoms with Crippen LogP contribution in [0.3, 0.4) is 0 Å². The maximum Gasteiger partial charge on any atom is 0.318 e. The summed E-state index contributed by atoms with van der Waals surface area (Å²) in [4.78, 5) is 21.7. The number of nitroso groups, excluding NO2 is 1. The second-order valence-electron chi connectivity index (χ2n) is 7.76. The lowest BCUT2D eigenvalue weighted by Crippen LogP contribution is -2.27. The van der Waals surface area contributed by atoms with Crippen LogP contribution in [0.1, 0.15) is 36.8 Å². The Morgan fingerprint density at radius 2 is 1.80 bits per heavy atom. The molecule has 2 fully saturated rings. The van der Waals surface area contributed by atoms with E-state index in [1.807, 2.05) is 0 Å². The van der Waals surface area contributed by atoms with Crippen molar-refractivity contribution in [1.29, 1.82) is 0 Å². The molecule has 3 heterocycles. The summed E-state index contributed by atoms with van der Waals surface area (Å²) in [5.74, 6) is 0.453. The molecule has 0 radical (unpaired) electrons. The number of nitrogens with zero attached hydrogens (tertiary/aromatic N) is 4. The summed E-state index contributed by atoms with van der Waals surface area (Å²) in [5, 5.41) is 5.95. The molecule has 2 aliphatic rings. The van der Waals surface area contributed by atoms with E-state index in [2.05, 4.69) is 55.2 Å². The molecule has 0 atom stereocenters. The van der Waals surface area contributed by atoms with Gasteiger partial charge in [-0.15, -0.1) is 4.91 Å². The van der Waals surface area contributed by atoms with Gasteiger partial charge in [0.05, 0.1) is 18.1 Å². The Morgan fingerprint density at radius 1 is 1.10 bits per heavy atom. The molecule has 4 rings (SSSR count). The van der Waals surface area contributed by atoms with Gasteiger partial charge >= 0.3 is 6.01 Å². The van der Waals surface area contributed by atoms with Gasteiger partial charge in [-0.1, -0.05) is 24.3 Å². The van der Waals surface area contributed by atoms with Crippen LogP contribution in [0.25, 0.3) is 0 Å². The van der Waals surface area contributed by atoms with Crippen LogP contribution in [0.2, 0.25) is 0 Å². The van der Waals surface area contributed by atoms with Crippen LogP contribution in [0.4, 0.5) is 11.5 Å². The quantitative estimate of drug-likeness (QED) is 0.329. The SMILES string of the molecule is COCCOc1ncc(NN=O)c(NCc2ccc(CN3C4CCC3CC4)cc2)n1. The number of ether oxygens (including phenoxy) is 2. The van der Waals surface area contributed by atoms with Gasteiger partial charge in [-0.05, 0) is 36.8 Å². The molecule has 9 heteroatoms. The first kappa shape index (κ1) is 20.5. The summed E-state index contributed by atoms with van der Waals surface area (Å²) < 4.78 is 10.4. The van der Waals surface area contributed by atoms with Crippen LogP contribution in [-0.2, 0) is 17.8 Å². The molecule has 0 aliphatic carbocycles. The number of hydrogen-bond donors (Lipinski definition) is 2. The smallest absolute Gasteiger partial charge is 0.318 e. The molecule has 30 heavy (non-hydrogen) atoms. The van der Waals surface area contributed by atoms with Crippen LogP contribution in [0.5, 0.6) is 6.01 Å². The first-order valence-electron chi connectivity index (χ1n) is 10.4. The number of methoxy groups -OCH3 is 1. The highest BCUT2D eigenvalue weighted by Crippen LogP contribution is 2.38. The van der Waals surface area contributed by atoms with Gasteiger partial charge in [0.25, 0.3) is 0 Å². The van der Waals surface area contributed by atoms with Crippen molar-refractivity contribution in [1.82, 2.24) is 14.9 Å². The molecular weight excluding hydrogens is 384 g/mol. The standard InChI is InChI=1S/C21H28N6O3/c1-29-10-11-30-21-23-13-19(25-26-28)20(24-21)22-12-15-2-4-16(5-3-15)14-27-17-6-7-18(27)9-8-17/h2-5,13,17-18H,6-12,14H2,1H3,(H,25,28)(H,22,23,24). The molecule has 2 aliphatic heterocycles. The monoisotopic (exact) mass is 412 g/mol. The second kappa shape index (κ2) is 9.82. The van der Waals surface area contributed by atoms with Crippen molar-refractivity contribution in [2.24, 2.45) is 5.29 Å². The largest absolute Gasteiger partial charge is 0.461 e. The number of hydrogen-bond acceptors (Lipinski definition) is 8. The molecule has 0 unspecified atom stereocenters. The van der Waals surface area contributed by atoms with E-state index >= 15 is 0 Å². The molecule has 9 nitrogen and oxygen atoms in total. The first-order chi connectivity index (χ1) is 14.8. The normalized spacial score (nSPS) is 20.3. The topological polar surface area (TPSA) is 101 Å². The zero-order valence-electron chi connectivity index (χ0n) is 17.2. The van der Waals surface area contributed by atoms with E-state index < -0.39 is 0 Å². The first-order valence-corrected chi connectivity index (χ1v) is 10.4. The van der Waals surface area contributed by atoms with E-state index in [-0.39, 0.29) is 6.01 Å². The third-order valence-electron chi connectivity index (χ3n) is 5.90. The maximum absolute atomic E-state index is 10.6. The molecule has 160 valence electrons. The van der Waals surface area contributed by atoms with Crippen molar-refractivity contribution < 1.29 is 9.47 Å². The van der Waals surface area contributed by atoms with Gasteiger partial charge in [-0.25, -0.2) is 10.4 Å². The minimum Gasteiger partial charge on any atom is -0.461 e. The Balaban J connectivity index is 1.36. The number of benzene rings is 1. The van der Waals surface area contributed by atoms with Crippen molar-refractivity contribution in [3.8, 4) is 6.01 Å². The summed E-state index contributed by atoms with van der Waals surface area (Å²) in [6, 6.07) is 10.4. The molecule has 0 spiro atoms. The summed E-state index contributed by atoms with van der Waals surface area (Å²) in [7, 11) is 1.60. The lowest BCUT2D eigenvalue weighted by Gasteiger charge is -2.21. The second-order valence-corrected chi connectivity index (χ2v) is 7.76. The Bertz CT molecular complexity index is 827. The predicted octanol–water partition coefficient (Wildman–Crippen LogP) is 3.33. The van der Waals surface area contributed by atoms with Crippen LogP contribution >= 0.6 is 0 Å². The zero-order valence-corrected chi connectivity index (χ0v) is 17.2. The average Bonchev–Trinajstić information content (AvgIpc) is 3.34. The zero-order chi connectivity index (χ0) is 20.8. The third-order valence-corrected chi connectivity index (χ3v) is 5.90. The fraction of sp³-hybridized carbons (Fsp3) is 0.524. The van der Waals surface area contributed by atoms with E-state index in [1.165, 1.54) is 37.4 Å². The van der Waals surface area contributed by atoms with Crippen LogP contribution in [0.15, 0.2) is 35.7 Å². The molecular formula is C21H28N6O3. The van der Waals surface area contributed by atoms with Crippen molar-refractivity contribution in [2.75, 3.05) is 31.1 Å². The van der Waals surface area contributed by atoms with Crippen molar-refractivity contribution in [3.05, 3.63) is 46.5 Å². The van der Waals surface area contributed by atoms with Crippen molar-refractivity contribution in [2.45, 2.75) is 50.9 Å². The molecule has 1 aromatic carbocycles. The highest BCUT2D eigenvalue weighted by atomic mass is 16.5. The van der Waals surface area contributed by atoms with Gasteiger partial charge in [0, 0.05) is 32.3 Å². The lowest BCUT2D eigenvalue weighted by atomic mass is 10.0. The van der Waals surface area contributed by atoms with Gasteiger partial charge in [-0.2, -0.15) is 4.98 Å².